The Bertz CT molecular complexity index is 1280. The van der Waals surface area contributed by atoms with Gasteiger partial charge in [-0.3, -0.25) is 18.2 Å². The molecule has 204 valence electrons. The smallest absolute Gasteiger partial charge is 0.387 e. The highest BCUT2D eigenvalue weighted by Gasteiger charge is 2.62. The summed E-state index contributed by atoms with van der Waals surface area (Å²) in [5.41, 5.74) is 6.24. The zero-order valence-corrected chi connectivity index (χ0v) is 22.8. The standard InChI is InChI=1S/C13H20Cl2N5O12P3S/c1-2-36-12-18-9(16)6-10(19-12)20(4-17-6)11-8(22)7(21)5(31-11)3-30-35(28,29)32-34(26,27)13(14,15)33(23,24)25/h4-5,7-8,11,21-22H,2-3H2,1H3,(H,26,27)(H,28,29)(H2,16,18,19)(H2,23,24,25)/t5-,7-,8-,11-/m1/s1. The van der Waals surface area contributed by atoms with Gasteiger partial charge in [-0.1, -0.05) is 41.9 Å². The maximum atomic E-state index is 12.1. The fourth-order valence-corrected chi connectivity index (χ4v) is 7.75. The van der Waals surface area contributed by atoms with E-state index < -0.39 is 58.0 Å². The van der Waals surface area contributed by atoms with Crippen LogP contribution < -0.4 is 5.73 Å². The molecule has 0 bridgehead atoms. The summed E-state index contributed by atoms with van der Waals surface area (Å²) >= 11 is 11.7. The first-order valence-electron chi connectivity index (χ1n) is 9.51. The molecule has 1 fully saturated rings. The minimum absolute atomic E-state index is 0.0550. The van der Waals surface area contributed by atoms with E-state index in [1.165, 1.54) is 22.7 Å². The van der Waals surface area contributed by atoms with E-state index in [1.54, 1.807) is 0 Å². The van der Waals surface area contributed by atoms with Gasteiger partial charge in [0, 0.05) is 0 Å². The van der Waals surface area contributed by atoms with E-state index in [1.807, 2.05) is 6.92 Å². The average molecular weight is 634 g/mol. The molecule has 0 aliphatic carbocycles. The molecule has 8 N–H and O–H groups in total. The summed E-state index contributed by atoms with van der Waals surface area (Å²) < 4.78 is 46.9. The van der Waals surface area contributed by atoms with Crippen molar-refractivity contribution in [1.29, 1.82) is 0 Å². The molecule has 36 heavy (non-hydrogen) atoms. The van der Waals surface area contributed by atoms with Crippen LogP contribution in [0.15, 0.2) is 11.5 Å². The van der Waals surface area contributed by atoms with Gasteiger partial charge in [0.2, 0.25) is 0 Å². The number of fused-ring (bicyclic) bond motifs is 1. The molecule has 3 heterocycles. The monoisotopic (exact) mass is 633 g/mol. The van der Waals surface area contributed by atoms with Crippen molar-refractivity contribution in [2.24, 2.45) is 0 Å². The van der Waals surface area contributed by atoms with E-state index >= 15 is 0 Å². The number of imidazole rings is 1. The first-order valence-corrected chi connectivity index (χ1v) is 15.9. The number of anilines is 1. The number of phosphoric acid groups is 1. The molecule has 2 aromatic rings. The van der Waals surface area contributed by atoms with E-state index in [2.05, 4.69) is 23.8 Å². The Kier molecular flexibility index (Phi) is 8.91. The summed E-state index contributed by atoms with van der Waals surface area (Å²) in [5.74, 6) is 0.686. The quantitative estimate of drug-likeness (QED) is 0.0821. The number of thioether (sulfide) groups is 1. The number of ether oxygens (including phenoxy) is 1. The highest BCUT2D eigenvalue weighted by molar-refractivity contribution is 7.99. The zero-order valence-electron chi connectivity index (χ0n) is 17.8. The van der Waals surface area contributed by atoms with Crippen LogP contribution in [0.25, 0.3) is 11.2 Å². The number of rotatable bonds is 10. The van der Waals surface area contributed by atoms with Gasteiger partial charge in [-0.25, -0.2) is 23.8 Å². The molecule has 0 amide bonds. The second kappa shape index (κ2) is 10.6. The van der Waals surface area contributed by atoms with Crippen LogP contribution >= 0.6 is 58.0 Å². The third-order valence-electron chi connectivity index (χ3n) is 4.62. The van der Waals surface area contributed by atoms with E-state index in [4.69, 9.17) is 43.5 Å². The number of aromatic nitrogens is 4. The maximum Gasteiger partial charge on any atom is 0.479 e. The van der Waals surface area contributed by atoms with Crippen LogP contribution in [0.5, 0.6) is 0 Å². The number of aliphatic hydroxyl groups excluding tert-OH is 2. The lowest BCUT2D eigenvalue weighted by molar-refractivity contribution is -0.0502. The first kappa shape index (κ1) is 30.2. The number of phosphoric ester groups is 1. The lowest BCUT2D eigenvalue weighted by Gasteiger charge is -2.26. The number of hydrogen-bond donors (Lipinski definition) is 7. The van der Waals surface area contributed by atoms with Crippen LogP contribution in [0.3, 0.4) is 0 Å². The van der Waals surface area contributed by atoms with Crippen molar-refractivity contribution in [3.05, 3.63) is 6.33 Å². The number of alkyl halides is 2. The fraction of sp³-hybridized carbons (Fsp3) is 0.615. The van der Waals surface area contributed by atoms with Crippen LogP contribution in [0.2, 0.25) is 0 Å². The molecule has 0 aromatic carbocycles. The van der Waals surface area contributed by atoms with E-state index in [0.29, 0.717) is 10.9 Å². The second-order valence-electron chi connectivity index (χ2n) is 7.11. The third kappa shape index (κ3) is 5.93. The van der Waals surface area contributed by atoms with Crippen molar-refractivity contribution < 1.29 is 57.1 Å². The molecule has 1 aliphatic rings. The minimum atomic E-state index is -5.89. The van der Waals surface area contributed by atoms with E-state index in [0.717, 1.165) is 0 Å². The Hall–Kier alpha value is -0.390. The van der Waals surface area contributed by atoms with Crippen LogP contribution in [0.1, 0.15) is 13.2 Å². The summed E-state index contributed by atoms with van der Waals surface area (Å²) in [5, 5.41) is 21.1. The van der Waals surface area contributed by atoms with Crippen molar-refractivity contribution in [3.8, 4) is 0 Å². The SMILES string of the molecule is CCSc1nc(N)c2ncn([C@@H]3O[C@H](COP(=O)(O)OP(=O)(O)C(Cl)(Cl)P(=O)(O)O)[C@@H](O)[C@H]3O)c2n1. The van der Waals surface area contributed by atoms with E-state index in [9.17, 15) is 33.7 Å². The molecule has 0 spiro atoms. The van der Waals surface area contributed by atoms with Crippen LogP contribution in [0.4, 0.5) is 5.82 Å². The Labute approximate surface area is 216 Å². The molecule has 2 unspecified atom stereocenters. The third-order valence-corrected chi connectivity index (χ3v) is 13.1. The van der Waals surface area contributed by atoms with Crippen LogP contribution in [-0.4, -0.2) is 83.8 Å². The predicted octanol–water partition coefficient (Wildman–Crippen LogP) is 0.725. The van der Waals surface area contributed by atoms with Gasteiger partial charge in [-0.2, -0.15) is 0 Å². The second-order valence-corrected chi connectivity index (χ2v) is 16.4. The number of halogens is 2. The normalized spacial score (nSPS) is 26.7. The number of nitrogens with zero attached hydrogens (tertiary/aromatic N) is 4. The highest BCUT2D eigenvalue weighted by Crippen LogP contribution is 2.79. The molecule has 0 saturated carbocycles. The number of nitrogen functional groups attached to an aromatic ring is 1. The van der Waals surface area contributed by atoms with Crippen LogP contribution in [0, 0.1) is 0 Å². The molecule has 23 heteroatoms. The number of nitrogens with two attached hydrogens (primary N) is 1. The van der Waals surface area contributed by atoms with E-state index in [-0.39, 0.29) is 17.0 Å². The van der Waals surface area contributed by atoms with Gasteiger partial charge in [0.25, 0.3) is 0 Å². The van der Waals surface area contributed by atoms with Gasteiger partial charge in [0.15, 0.2) is 22.8 Å². The summed E-state index contributed by atoms with van der Waals surface area (Å²) in [6, 6.07) is 0. The Balaban J connectivity index is 1.76. The molecular weight excluding hydrogens is 614 g/mol. The molecule has 3 rings (SSSR count). The Morgan fingerprint density at radius 3 is 2.42 bits per heavy atom. The Morgan fingerprint density at radius 2 is 1.83 bits per heavy atom. The topological polar surface area (TPSA) is 270 Å². The molecule has 1 aliphatic heterocycles. The minimum Gasteiger partial charge on any atom is -0.387 e. The molecule has 6 atom stereocenters. The predicted molar refractivity (Wildman–Crippen MR) is 125 cm³/mol. The number of hydrogen-bond acceptors (Lipinski definition) is 13. The maximum absolute atomic E-state index is 12.1. The summed E-state index contributed by atoms with van der Waals surface area (Å²) in [7, 11) is -17.2. The molecule has 17 nitrogen and oxygen atoms in total. The molecule has 0 radical (unpaired) electrons. The lowest BCUT2D eigenvalue weighted by Crippen LogP contribution is -2.33. The van der Waals surface area contributed by atoms with Crippen LogP contribution in [-0.2, 0) is 27.3 Å². The van der Waals surface area contributed by atoms with Gasteiger partial charge in [0.05, 0.1) is 12.9 Å². The molecule has 2 aromatic heterocycles. The van der Waals surface area contributed by atoms with Gasteiger partial charge in [-0.05, 0) is 5.75 Å². The van der Waals surface area contributed by atoms with Gasteiger partial charge < -0.3 is 40.3 Å². The highest BCUT2D eigenvalue weighted by atomic mass is 35.5. The fourth-order valence-electron chi connectivity index (χ4n) is 2.94. The van der Waals surface area contributed by atoms with Crippen molar-refractivity contribution in [1.82, 2.24) is 19.5 Å². The zero-order chi connectivity index (χ0) is 27.3. The number of aliphatic hydroxyl groups is 2. The average Bonchev–Trinajstić information content (AvgIpc) is 3.27. The summed E-state index contributed by atoms with van der Waals surface area (Å²) in [4.78, 5) is 49.9. The molecule has 1 saturated heterocycles. The van der Waals surface area contributed by atoms with Crippen molar-refractivity contribution >= 4 is 75.0 Å². The van der Waals surface area contributed by atoms with Crippen molar-refractivity contribution in [2.75, 3.05) is 18.1 Å². The molecular formula is C13H20Cl2N5O12P3S. The van der Waals surface area contributed by atoms with Gasteiger partial charge in [0.1, 0.15) is 23.8 Å². The summed E-state index contributed by atoms with van der Waals surface area (Å²) in [6.07, 6.45) is -4.97. The largest absolute Gasteiger partial charge is 0.479 e. The lowest BCUT2D eigenvalue weighted by atomic mass is 10.1. The Morgan fingerprint density at radius 1 is 1.19 bits per heavy atom. The first-order chi connectivity index (χ1) is 16.4. The van der Waals surface area contributed by atoms with Crippen molar-refractivity contribution in [2.45, 2.75) is 40.4 Å². The van der Waals surface area contributed by atoms with Crippen molar-refractivity contribution in [3.63, 3.8) is 0 Å². The van der Waals surface area contributed by atoms with Gasteiger partial charge >= 0.3 is 26.8 Å². The summed E-state index contributed by atoms with van der Waals surface area (Å²) in [6.45, 7) is 0.860. The van der Waals surface area contributed by atoms with Gasteiger partial charge in [-0.15, -0.1) is 0 Å².